The zero-order valence-corrected chi connectivity index (χ0v) is 12.4. The summed E-state index contributed by atoms with van der Waals surface area (Å²) in [4.78, 5) is 33.4. The average molecular weight is 313 g/mol. The molecule has 0 aliphatic rings. The molecule has 2 N–H and O–H groups in total. The van der Waals surface area contributed by atoms with Crippen LogP contribution in [-0.2, 0) is 25.7 Å². The van der Waals surface area contributed by atoms with Crippen LogP contribution in [0.5, 0.6) is 0 Å². The molecule has 1 aromatic rings. The van der Waals surface area contributed by atoms with E-state index in [0.717, 1.165) is 5.56 Å². The Morgan fingerprint density at radius 1 is 1.14 bits per heavy atom. The van der Waals surface area contributed by atoms with Gasteiger partial charge in [-0.25, -0.2) is 0 Å². The number of ether oxygens (including phenoxy) is 1. The maximum Gasteiger partial charge on any atom is 0.308 e. The van der Waals surface area contributed by atoms with E-state index in [9.17, 15) is 14.4 Å². The summed E-state index contributed by atoms with van der Waals surface area (Å²) in [5, 5.41) is 5.71. The quantitative estimate of drug-likeness (QED) is 0.736. The number of hydrogen-bond acceptors (Lipinski definition) is 4. The molecule has 0 radical (unpaired) electrons. The van der Waals surface area contributed by atoms with E-state index in [1.807, 2.05) is 0 Å². The van der Waals surface area contributed by atoms with Crippen molar-refractivity contribution >= 4 is 29.4 Å². The first-order chi connectivity index (χ1) is 9.97. The molecule has 0 aliphatic heterocycles. The van der Waals surface area contributed by atoms with Gasteiger partial charge in [0.25, 0.3) is 5.91 Å². The van der Waals surface area contributed by atoms with Gasteiger partial charge < -0.3 is 15.4 Å². The fourth-order valence-corrected chi connectivity index (χ4v) is 1.54. The number of nitrogens with one attached hydrogen (secondary N) is 2. The molecule has 6 nitrogen and oxygen atoms in total. The molecule has 0 heterocycles. The SMILES string of the molecule is CC(=O)NCCC(=O)OCC(=O)NCc1ccc(Cl)cc1. The van der Waals surface area contributed by atoms with Crippen molar-refractivity contribution < 1.29 is 19.1 Å². The van der Waals surface area contributed by atoms with Gasteiger partial charge in [-0.1, -0.05) is 23.7 Å². The molecule has 0 fully saturated rings. The lowest BCUT2D eigenvalue weighted by atomic mass is 10.2. The van der Waals surface area contributed by atoms with Gasteiger partial charge in [0.15, 0.2) is 6.61 Å². The van der Waals surface area contributed by atoms with Crippen LogP contribution in [0.4, 0.5) is 0 Å². The lowest BCUT2D eigenvalue weighted by molar-refractivity contribution is -0.148. The van der Waals surface area contributed by atoms with Crippen LogP contribution in [0.1, 0.15) is 18.9 Å². The highest BCUT2D eigenvalue weighted by Gasteiger charge is 2.07. The first-order valence-corrected chi connectivity index (χ1v) is 6.76. The van der Waals surface area contributed by atoms with Gasteiger partial charge in [-0.2, -0.15) is 0 Å². The Bertz CT molecular complexity index is 502. The van der Waals surface area contributed by atoms with E-state index in [0.29, 0.717) is 11.6 Å². The number of hydrogen-bond donors (Lipinski definition) is 2. The van der Waals surface area contributed by atoms with Crippen LogP contribution >= 0.6 is 11.6 Å². The Labute approximate surface area is 127 Å². The van der Waals surface area contributed by atoms with E-state index in [1.54, 1.807) is 24.3 Å². The number of halogens is 1. The Kier molecular flexibility index (Phi) is 7.25. The fourth-order valence-electron chi connectivity index (χ4n) is 1.41. The topological polar surface area (TPSA) is 84.5 Å². The number of amides is 2. The minimum Gasteiger partial charge on any atom is -0.456 e. The van der Waals surface area contributed by atoms with Crippen molar-refractivity contribution in [3.05, 3.63) is 34.9 Å². The van der Waals surface area contributed by atoms with Crippen LogP contribution in [0, 0.1) is 0 Å². The second kappa shape index (κ2) is 8.97. The summed E-state index contributed by atoms with van der Waals surface area (Å²) in [5.41, 5.74) is 0.893. The highest BCUT2D eigenvalue weighted by molar-refractivity contribution is 6.30. The van der Waals surface area contributed by atoms with Crippen LogP contribution in [0.25, 0.3) is 0 Å². The van der Waals surface area contributed by atoms with E-state index in [1.165, 1.54) is 6.92 Å². The number of benzene rings is 1. The molecule has 0 aromatic heterocycles. The largest absolute Gasteiger partial charge is 0.456 e. The Balaban J connectivity index is 2.17. The molecular formula is C14H17ClN2O4. The van der Waals surface area contributed by atoms with Crippen LogP contribution in [0.15, 0.2) is 24.3 Å². The van der Waals surface area contributed by atoms with Gasteiger partial charge >= 0.3 is 5.97 Å². The predicted molar refractivity (Wildman–Crippen MR) is 77.6 cm³/mol. The van der Waals surface area contributed by atoms with Gasteiger partial charge in [-0.3, -0.25) is 14.4 Å². The summed E-state index contributed by atoms with van der Waals surface area (Å²) < 4.78 is 4.77. The van der Waals surface area contributed by atoms with E-state index < -0.39 is 11.9 Å². The first kappa shape index (κ1) is 17.0. The molecule has 0 bridgehead atoms. The van der Waals surface area contributed by atoms with Crippen LogP contribution in [0.2, 0.25) is 5.02 Å². The molecule has 21 heavy (non-hydrogen) atoms. The zero-order chi connectivity index (χ0) is 15.7. The third kappa shape index (κ3) is 7.94. The first-order valence-electron chi connectivity index (χ1n) is 6.38. The molecule has 2 amide bonds. The number of carbonyl (C=O) groups is 3. The molecule has 0 aliphatic carbocycles. The van der Waals surface area contributed by atoms with Gasteiger partial charge in [0.2, 0.25) is 5.91 Å². The van der Waals surface area contributed by atoms with Crippen molar-refractivity contribution in [3.63, 3.8) is 0 Å². The van der Waals surface area contributed by atoms with Gasteiger partial charge in [0.05, 0.1) is 6.42 Å². The lowest BCUT2D eigenvalue weighted by Crippen LogP contribution is -2.29. The van der Waals surface area contributed by atoms with Gasteiger partial charge in [0.1, 0.15) is 0 Å². The molecule has 0 spiro atoms. The second-order valence-electron chi connectivity index (χ2n) is 4.30. The second-order valence-corrected chi connectivity index (χ2v) is 4.73. The molecule has 0 atom stereocenters. The lowest BCUT2D eigenvalue weighted by Gasteiger charge is -2.07. The Morgan fingerprint density at radius 3 is 2.43 bits per heavy atom. The smallest absolute Gasteiger partial charge is 0.308 e. The summed E-state index contributed by atoms with van der Waals surface area (Å²) in [7, 11) is 0. The van der Waals surface area contributed by atoms with Crippen LogP contribution < -0.4 is 10.6 Å². The Morgan fingerprint density at radius 2 is 1.81 bits per heavy atom. The van der Waals surface area contributed by atoms with Crippen molar-refractivity contribution in [2.24, 2.45) is 0 Å². The van der Waals surface area contributed by atoms with Crippen molar-refractivity contribution in [1.82, 2.24) is 10.6 Å². The van der Waals surface area contributed by atoms with Gasteiger partial charge in [0, 0.05) is 25.0 Å². The van der Waals surface area contributed by atoms with Crippen molar-refractivity contribution in [1.29, 1.82) is 0 Å². The normalized spacial score (nSPS) is 9.81. The molecular weight excluding hydrogens is 296 g/mol. The molecule has 0 unspecified atom stereocenters. The molecule has 7 heteroatoms. The van der Waals surface area contributed by atoms with E-state index in [-0.39, 0.29) is 25.5 Å². The molecule has 0 saturated carbocycles. The summed E-state index contributed by atoms with van der Waals surface area (Å²) in [6, 6.07) is 7.04. The third-order valence-electron chi connectivity index (χ3n) is 2.47. The highest BCUT2D eigenvalue weighted by Crippen LogP contribution is 2.08. The minimum atomic E-state index is -0.537. The maximum absolute atomic E-state index is 11.5. The fraction of sp³-hybridized carbons (Fsp3) is 0.357. The zero-order valence-electron chi connectivity index (χ0n) is 11.6. The average Bonchev–Trinajstić information content (AvgIpc) is 2.44. The predicted octanol–water partition coefficient (Wildman–Crippen LogP) is 1.03. The van der Waals surface area contributed by atoms with Crippen molar-refractivity contribution in [2.45, 2.75) is 19.9 Å². The molecule has 1 aromatic carbocycles. The van der Waals surface area contributed by atoms with Crippen molar-refractivity contribution in [3.8, 4) is 0 Å². The van der Waals surface area contributed by atoms with Crippen LogP contribution in [-0.4, -0.2) is 30.9 Å². The summed E-state index contributed by atoms with van der Waals surface area (Å²) in [5.74, 6) is -1.15. The van der Waals surface area contributed by atoms with Crippen LogP contribution in [0.3, 0.4) is 0 Å². The standard InChI is InChI=1S/C14H17ClN2O4/c1-10(18)16-7-6-14(20)21-9-13(19)17-8-11-2-4-12(15)5-3-11/h2-5H,6-9H2,1H3,(H,16,18)(H,17,19). The van der Waals surface area contributed by atoms with E-state index in [4.69, 9.17) is 16.3 Å². The summed E-state index contributed by atoms with van der Waals surface area (Å²) in [6.07, 6.45) is 0.0318. The minimum absolute atomic E-state index is 0.0318. The molecule has 0 saturated heterocycles. The number of rotatable bonds is 7. The Hall–Kier alpha value is -2.08. The molecule has 114 valence electrons. The van der Waals surface area contributed by atoms with Crippen molar-refractivity contribution in [2.75, 3.05) is 13.2 Å². The van der Waals surface area contributed by atoms with Gasteiger partial charge in [-0.15, -0.1) is 0 Å². The maximum atomic E-state index is 11.5. The van der Waals surface area contributed by atoms with E-state index in [2.05, 4.69) is 10.6 Å². The van der Waals surface area contributed by atoms with E-state index >= 15 is 0 Å². The third-order valence-corrected chi connectivity index (χ3v) is 2.72. The molecule has 1 rings (SSSR count). The number of carbonyl (C=O) groups excluding carboxylic acids is 3. The van der Waals surface area contributed by atoms with Gasteiger partial charge in [-0.05, 0) is 17.7 Å². The monoisotopic (exact) mass is 312 g/mol. The number of esters is 1. The summed E-state index contributed by atoms with van der Waals surface area (Å²) in [6.45, 7) is 1.54. The summed E-state index contributed by atoms with van der Waals surface area (Å²) >= 11 is 5.75. The highest BCUT2D eigenvalue weighted by atomic mass is 35.5.